The molecular weight excluding hydrogens is 204 g/mol. The lowest BCUT2D eigenvalue weighted by molar-refractivity contribution is 0.199. The van der Waals surface area contributed by atoms with Gasteiger partial charge in [0.05, 0.1) is 0 Å². The monoisotopic (exact) mass is 222 g/mol. The first-order valence-electron chi connectivity index (χ1n) is 5.80. The van der Waals surface area contributed by atoms with Crippen molar-refractivity contribution in [2.45, 2.75) is 25.8 Å². The number of piperidine rings is 1. The molecule has 1 aromatic rings. The van der Waals surface area contributed by atoms with Crippen LogP contribution in [-0.4, -0.2) is 46.2 Å². The zero-order valence-electron chi connectivity index (χ0n) is 9.59. The Labute approximate surface area is 95.5 Å². The molecule has 1 aliphatic heterocycles. The van der Waals surface area contributed by atoms with E-state index >= 15 is 0 Å². The van der Waals surface area contributed by atoms with Crippen molar-refractivity contribution in [3.63, 3.8) is 0 Å². The SMILES string of the molecule is CCN1CCC(NC(=O)n2ccnc2)CC1. The average molecular weight is 222 g/mol. The van der Waals surface area contributed by atoms with E-state index in [0.717, 1.165) is 32.5 Å². The summed E-state index contributed by atoms with van der Waals surface area (Å²) < 4.78 is 1.48. The largest absolute Gasteiger partial charge is 0.335 e. The summed E-state index contributed by atoms with van der Waals surface area (Å²) in [6, 6.07) is 0.227. The van der Waals surface area contributed by atoms with Gasteiger partial charge in [0.15, 0.2) is 0 Å². The molecule has 0 bridgehead atoms. The highest BCUT2D eigenvalue weighted by molar-refractivity contribution is 5.76. The first kappa shape index (κ1) is 11.1. The number of nitrogens with one attached hydrogen (secondary N) is 1. The molecule has 1 aliphatic rings. The first-order valence-corrected chi connectivity index (χ1v) is 5.80. The summed E-state index contributed by atoms with van der Waals surface area (Å²) in [5.41, 5.74) is 0. The third kappa shape index (κ3) is 2.61. The van der Waals surface area contributed by atoms with Crippen LogP contribution in [0.25, 0.3) is 0 Å². The molecule has 2 rings (SSSR count). The second kappa shape index (κ2) is 5.12. The zero-order valence-corrected chi connectivity index (χ0v) is 9.59. The van der Waals surface area contributed by atoms with Crippen LogP contribution in [0.3, 0.4) is 0 Å². The van der Waals surface area contributed by atoms with Crippen LogP contribution in [0.5, 0.6) is 0 Å². The Morgan fingerprint density at radius 3 is 2.81 bits per heavy atom. The van der Waals surface area contributed by atoms with Gasteiger partial charge >= 0.3 is 6.03 Å². The standard InChI is InChI=1S/C11H18N4O/c1-2-14-6-3-10(4-7-14)13-11(16)15-8-5-12-9-15/h5,8-10H,2-4,6-7H2,1H3,(H,13,16). The maximum atomic E-state index is 11.7. The van der Waals surface area contributed by atoms with Crippen LogP contribution in [0.15, 0.2) is 18.7 Å². The molecule has 0 spiro atoms. The Kier molecular flexibility index (Phi) is 3.56. The second-order valence-electron chi connectivity index (χ2n) is 4.13. The Morgan fingerprint density at radius 2 is 2.25 bits per heavy atom. The van der Waals surface area contributed by atoms with E-state index in [4.69, 9.17) is 0 Å². The van der Waals surface area contributed by atoms with E-state index in [0.29, 0.717) is 6.04 Å². The Hall–Kier alpha value is -1.36. The maximum absolute atomic E-state index is 11.7. The van der Waals surface area contributed by atoms with E-state index in [2.05, 4.69) is 22.1 Å². The molecule has 1 N–H and O–H groups in total. The molecule has 1 fully saturated rings. The van der Waals surface area contributed by atoms with Gasteiger partial charge in [0.1, 0.15) is 6.33 Å². The van der Waals surface area contributed by atoms with E-state index in [1.54, 1.807) is 12.4 Å². The molecule has 0 unspecified atom stereocenters. The van der Waals surface area contributed by atoms with Gasteiger partial charge in [0.2, 0.25) is 0 Å². The van der Waals surface area contributed by atoms with Gasteiger partial charge in [-0.2, -0.15) is 0 Å². The minimum atomic E-state index is -0.0764. The van der Waals surface area contributed by atoms with Gasteiger partial charge in [-0.05, 0) is 19.4 Å². The van der Waals surface area contributed by atoms with Gasteiger partial charge in [-0.25, -0.2) is 9.78 Å². The molecule has 0 aliphatic carbocycles. The van der Waals surface area contributed by atoms with E-state index in [-0.39, 0.29) is 6.03 Å². The number of rotatable bonds is 2. The number of hydrogen-bond acceptors (Lipinski definition) is 3. The van der Waals surface area contributed by atoms with Crippen molar-refractivity contribution < 1.29 is 4.79 Å². The van der Waals surface area contributed by atoms with E-state index < -0.39 is 0 Å². The molecule has 88 valence electrons. The van der Waals surface area contributed by atoms with Gasteiger partial charge in [0.25, 0.3) is 0 Å². The molecule has 1 saturated heterocycles. The number of nitrogens with zero attached hydrogens (tertiary/aromatic N) is 3. The van der Waals surface area contributed by atoms with Crippen LogP contribution in [0, 0.1) is 0 Å². The highest BCUT2D eigenvalue weighted by Crippen LogP contribution is 2.09. The van der Waals surface area contributed by atoms with Crippen molar-refractivity contribution in [1.82, 2.24) is 19.8 Å². The quantitative estimate of drug-likeness (QED) is 0.809. The van der Waals surface area contributed by atoms with Crippen LogP contribution in [0.2, 0.25) is 0 Å². The van der Waals surface area contributed by atoms with Crippen LogP contribution < -0.4 is 5.32 Å². The van der Waals surface area contributed by atoms with Crippen LogP contribution in [-0.2, 0) is 0 Å². The number of likely N-dealkylation sites (tertiary alicyclic amines) is 1. The van der Waals surface area contributed by atoms with Crippen molar-refractivity contribution in [1.29, 1.82) is 0 Å². The fraction of sp³-hybridized carbons (Fsp3) is 0.636. The second-order valence-corrected chi connectivity index (χ2v) is 4.13. The van der Waals surface area contributed by atoms with Crippen LogP contribution in [0.1, 0.15) is 19.8 Å². The highest BCUT2D eigenvalue weighted by atomic mass is 16.2. The topological polar surface area (TPSA) is 50.2 Å². The predicted octanol–water partition coefficient (Wildman–Crippen LogP) is 0.925. The summed E-state index contributed by atoms with van der Waals surface area (Å²) >= 11 is 0. The smallest absolute Gasteiger partial charge is 0.327 e. The molecule has 0 atom stereocenters. The molecular formula is C11H18N4O. The molecule has 5 heteroatoms. The maximum Gasteiger partial charge on any atom is 0.327 e. The lowest BCUT2D eigenvalue weighted by Gasteiger charge is -2.31. The fourth-order valence-electron chi connectivity index (χ4n) is 2.02. The molecule has 0 aromatic carbocycles. The minimum absolute atomic E-state index is 0.0764. The average Bonchev–Trinajstić information content (AvgIpc) is 2.83. The lowest BCUT2D eigenvalue weighted by atomic mass is 10.1. The minimum Gasteiger partial charge on any atom is -0.335 e. The summed E-state index contributed by atoms with van der Waals surface area (Å²) in [6.07, 6.45) is 6.87. The molecule has 0 saturated carbocycles. The van der Waals surface area contributed by atoms with Crippen molar-refractivity contribution in [3.05, 3.63) is 18.7 Å². The lowest BCUT2D eigenvalue weighted by Crippen LogP contribution is -2.45. The molecule has 1 aromatic heterocycles. The first-order chi connectivity index (χ1) is 7.79. The van der Waals surface area contributed by atoms with Crippen molar-refractivity contribution >= 4 is 6.03 Å². The highest BCUT2D eigenvalue weighted by Gasteiger charge is 2.19. The number of aromatic nitrogens is 2. The van der Waals surface area contributed by atoms with E-state index in [1.807, 2.05) is 0 Å². The number of carbonyl (C=O) groups is 1. The third-order valence-electron chi connectivity index (χ3n) is 3.10. The van der Waals surface area contributed by atoms with Gasteiger partial charge in [-0.3, -0.25) is 4.57 Å². The predicted molar refractivity (Wildman–Crippen MR) is 61.3 cm³/mol. The number of amides is 1. The van der Waals surface area contributed by atoms with Crippen molar-refractivity contribution in [2.75, 3.05) is 19.6 Å². The number of imidazole rings is 1. The molecule has 0 radical (unpaired) electrons. The zero-order chi connectivity index (χ0) is 11.4. The molecule has 16 heavy (non-hydrogen) atoms. The van der Waals surface area contributed by atoms with E-state index in [9.17, 15) is 4.79 Å². The number of carbonyl (C=O) groups excluding carboxylic acids is 1. The summed E-state index contributed by atoms with van der Waals surface area (Å²) in [6.45, 7) is 5.42. The Balaban J connectivity index is 1.81. The molecule has 1 amide bonds. The van der Waals surface area contributed by atoms with Crippen molar-refractivity contribution in [2.24, 2.45) is 0 Å². The third-order valence-corrected chi connectivity index (χ3v) is 3.10. The van der Waals surface area contributed by atoms with Gasteiger partial charge in [-0.1, -0.05) is 6.92 Å². The molecule has 2 heterocycles. The van der Waals surface area contributed by atoms with Gasteiger partial charge in [-0.15, -0.1) is 0 Å². The summed E-state index contributed by atoms with van der Waals surface area (Å²) in [7, 11) is 0. The van der Waals surface area contributed by atoms with Gasteiger partial charge < -0.3 is 10.2 Å². The van der Waals surface area contributed by atoms with Crippen LogP contribution in [0.4, 0.5) is 4.79 Å². The summed E-state index contributed by atoms with van der Waals surface area (Å²) in [5.74, 6) is 0. The van der Waals surface area contributed by atoms with Crippen LogP contribution >= 0.6 is 0 Å². The Morgan fingerprint density at radius 1 is 1.50 bits per heavy atom. The molecule has 5 nitrogen and oxygen atoms in total. The normalized spacial score (nSPS) is 18.6. The summed E-state index contributed by atoms with van der Waals surface area (Å²) in [5, 5.41) is 3.02. The number of hydrogen-bond donors (Lipinski definition) is 1. The van der Waals surface area contributed by atoms with E-state index in [1.165, 1.54) is 10.9 Å². The summed E-state index contributed by atoms with van der Waals surface area (Å²) in [4.78, 5) is 18.0. The fourth-order valence-corrected chi connectivity index (χ4v) is 2.02. The van der Waals surface area contributed by atoms with Crippen molar-refractivity contribution in [3.8, 4) is 0 Å². The van der Waals surface area contributed by atoms with Gasteiger partial charge in [0, 0.05) is 31.5 Å². The Bertz CT molecular complexity index is 328.